The van der Waals surface area contributed by atoms with Crippen LogP contribution in [-0.4, -0.2) is 19.1 Å². The van der Waals surface area contributed by atoms with Gasteiger partial charge in [-0.25, -0.2) is 9.78 Å². The smallest absolute Gasteiger partial charge is 0.329 e. The van der Waals surface area contributed by atoms with Gasteiger partial charge in [-0.1, -0.05) is 29.8 Å². The molecule has 0 amide bonds. The molecule has 0 bridgehead atoms. The van der Waals surface area contributed by atoms with Crippen LogP contribution in [0.3, 0.4) is 0 Å². The van der Waals surface area contributed by atoms with Crippen molar-refractivity contribution in [1.82, 2.24) is 19.1 Å². The zero-order valence-corrected chi connectivity index (χ0v) is 15.8. The molecule has 2 heterocycles. The van der Waals surface area contributed by atoms with Crippen LogP contribution in [0.5, 0.6) is 0 Å². The van der Waals surface area contributed by atoms with Crippen molar-refractivity contribution in [3.8, 4) is 22.5 Å². The van der Waals surface area contributed by atoms with Gasteiger partial charge in [-0.3, -0.25) is 9.13 Å². The fourth-order valence-corrected chi connectivity index (χ4v) is 3.69. The number of nitrogens with two attached hydrogens (primary N) is 1. The van der Waals surface area contributed by atoms with Crippen molar-refractivity contribution >= 4 is 17.0 Å². The molecule has 3 N–H and O–H groups in total. The van der Waals surface area contributed by atoms with Gasteiger partial charge in [0.25, 0.3) is 0 Å². The summed E-state index contributed by atoms with van der Waals surface area (Å²) >= 11 is 0. The maximum atomic E-state index is 12.6. The molecule has 2 aromatic carbocycles. The SMILES string of the molecule is CCn1c(=O)n(CC)c2cc(-c3[nH]c(N)nc3-c3cccc(C)c3)ccc21. The Balaban J connectivity index is 1.95. The molecule has 0 atom stereocenters. The Kier molecular flexibility index (Phi) is 4.11. The van der Waals surface area contributed by atoms with Crippen LogP contribution < -0.4 is 11.4 Å². The lowest BCUT2D eigenvalue weighted by Crippen LogP contribution is -2.22. The average molecular weight is 361 g/mol. The van der Waals surface area contributed by atoms with Crippen molar-refractivity contribution in [2.75, 3.05) is 5.73 Å². The van der Waals surface area contributed by atoms with Gasteiger partial charge in [0, 0.05) is 24.2 Å². The first-order valence-corrected chi connectivity index (χ1v) is 9.19. The minimum Gasteiger partial charge on any atom is -0.369 e. The van der Waals surface area contributed by atoms with E-state index in [1.165, 1.54) is 0 Å². The van der Waals surface area contributed by atoms with Crippen LogP contribution in [0, 0.1) is 6.92 Å². The third-order valence-electron chi connectivity index (χ3n) is 4.95. The lowest BCUT2D eigenvalue weighted by molar-refractivity contribution is 0.671. The van der Waals surface area contributed by atoms with E-state index < -0.39 is 0 Å². The fourth-order valence-electron chi connectivity index (χ4n) is 3.69. The van der Waals surface area contributed by atoms with E-state index in [0.717, 1.165) is 39.1 Å². The highest BCUT2D eigenvalue weighted by molar-refractivity contribution is 5.87. The second-order valence-electron chi connectivity index (χ2n) is 6.69. The van der Waals surface area contributed by atoms with Crippen LogP contribution in [0.15, 0.2) is 47.3 Å². The molecule has 4 rings (SSSR count). The third kappa shape index (κ3) is 2.73. The topological polar surface area (TPSA) is 81.6 Å². The molecular formula is C21H23N5O. The minimum atomic E-state index is 0.0233. The summed E-state index contributed by atoms with van der Waals surface area (Å²) in [6, 6.07) is 14.2. The minimum absolute atomic E-state index is 0.0233. The summed E-state index contributed by atoms with van der Waals surface area (Å²) in [6.07, 6.45) is 0. The van der Waals surface area contributed by atoms with Gasteiger partial charge in [0.15, 0.2) is 5.95 Å². The Bertz CT molecular complexity index is 1200. The van der Waals surface area contributed by atoms with Crippen LogP contribution in [0.4, 0.5) is 5.95 Å². The average Bonchev–Trinajstić information content (AvgIpc) is 3.17. The van der Waals surface area contributed by atoms with Gasteiger partial charge in [0.2, 0.25) is 0 Å². The highest BCUT2D eigenvalue weighted by Gasteiger charge is 2.16. The van der Waals surface area contributed by atoms with Crippen LogP contribution >= 0.6 is 0 Å². The number of aromatic amines is 1. The van der Waals surface area contributed by atoms with Crippen molar-refractivity contribution in [3.63, 3.8) is 0 Å². The first-order chi connectivity index (χ1) is 13.0. The highest BCUT2D eigenvalue weighted by Crippen LogP contribution is 2.32. The first-order valence-electron chi connectivity index (χ1n) is 9.19. The van der Waals surface area contributed by atoms with Gasteiger partial charge >= 0.3 is 5.69 Å². The number of nitrogen functional groups attached to an aromatic ring is 1. The number of hydrogen-bond donors (Lipinski definition) is 2. The van der Waals surface area contributed by atoms with Crippen LogP contribution in [0.25, 0.3) is 33.5 Å². The quantitative estimate of drug-likeness (QED) is 0.580. The van der Waals surface area contributed by atoms with Crippen molar-refractivity contribution in [1.29, 1.82) is 0 Å². The predicted molar refractivity (Wildman–Crippen MR) is 110 cm³/mol. The second kappa shape index (κ2) is 6.46. The van der Waals surface area contributed by atoms with Crippen molar-refractivity contribution in [3.05, 3.63) is 58.5 Å². The van der Waals surface area contributed by atoms with Gasteiger partial charge in [-0.15, -0.1) is 0 Å². The molecule has 4 aromatic rings. The van der Waals surface area contributed by atoms with Gasteiger partial charge < -0.3 is 10.7 Å². The molecule has 0 saturated heterocycles. The van der Waals surface area contributed by atoms with Gasteiger partial charge in [-0.05, 0) is 39.0 Å². The number of aryl methyl sites for hydroxylation is 3. The maximum absolute atomic E-state index is 12.6. The molecule has 6 nitrogen and oxygen atoms in total. The summed E-state index contributed by atoms with van der Waals surface area (Å²) < 4.78 is 3.60. The number of anilines is 1. The summed E-state index contributed by atoms with van der Waals surface area (Å²) in [6.45, 7) is 7.30. The summed E-state index contributed by atoms with van der Waals surface area (Å²) in [5.74, 6) is 0.376. The highest BCUT2D eigenvalue weighted by atomic mass is 16.1. The zero-order chi connectivity index (χ0) is 19.1. The number of imidazole rings is 2. The van der Waals surface area contributed by atoms with Crippen LogP contribution in [-0.2, 0) is 13.1 Å². The molecule has 0 spiro atoms. The summed E-state index contributed by atoms with van der Waals surface area (Å²) in [4.78, 5) is 20.3. The molecule has 0 unspecified atom stereocenters. The fraction of sp³-hybridized carbons (Fsp3) is 0.238. The molecule has 0 aliphatic rings. The number of H-pyrrole nitrogens is 1. The van der Waals surface area contributed by atoms with Gasteiger partial charge in [0.1, 0.15) is 0 Å². The molecule has 27 heavy (non-hydrogen) atoms. The molecular weight excluding hydrogens is 338 g/mol. The number of nitrogens with one attached hydrogen (secondary N) is 1. The van der Waals surface area contributed by atoms with E-state index >= 15 is 0 Å². The van der Waals surface area contributed by atoms with E-state index in [1.54, 1.807) is 9.13 Å². The monoisotopic (exact) mass is 361 g/mol. The van der Waals surface area contributed by atoms with E-state index in [4.69, 9.17) is 5.73 Å². The summed E-state index contributed by atoms with van der Waals surface area (Å²) in [7, 11) is 0. The predicted octanol–water partition coefficient (Wildman–Crippen LogP) is 3.79. The molecule has 6 heteroatoms. The van der Waals surface area contributed by atoms with Crippen LogP contribution in [0.2, 0.25) is 0 Å². The Morgan fingerprint density at radius 3 is 2.44 bits per heavy atom. The Labute approximate surface area is 157 Å². The lowest BCUT2D eigenvalue weighted by atomic mass is 10.0. The molecule has 138 valence electrons. The van der Waals surface area contributed by atoms with Crippen LogP contribution in [0.1, 0.15) is 19.4 Å². The first kappa shape index (κ1) is 17.1. The maximum Gasteiger partial charge on any atom is 0.329 e. The number of benzene rings is 2. The molecule has 0 aliphatic carbocycles. The molecule has 0 aliphatic heterocycles. The summed E-state index contributed by atoms with van der Waals surface area (Å²) in [5, 5.41) is 0. The standard InChI is InChI=1S/C21H23N5O/c1-4-25-16-10-9-15(12-17(16)26(5-2)21(25)27)19-18(23-20(22)24-19)14-8-6-7-13(3)11-14/h6-12H,4-5H2,1-3H3,(H3,22,23,24). The van der Waals surface area contributed by atoms with Crippen molar-refractivity contribution < 1.29 is 0 Å². The largest absolute Gasteiger partial charge is 0.369 e. The van der Waals surface area contributed by atoms with E-state index in [1.807, 2.05) is 44.2 Å². The van der Waals surface area contributed by atoms with Crippen molar-refractivity contribution in [2.45, 2.75) is 33.9 Å². The second-order valence-corrected chi connectivity index (χ2v) is 6.69. The van der Waals surface area contributed by atoms with E-state index in [2.05, 4.69) is 29.0 Å². The molecule has 0 radical (unpaired) electrons. The number of fused-ring (bicyclic) bond motifs is 1. The van der Waals surface area contributed by atoms with E-state index in [0.29, 0.717) is 19.0 Å². The number of rotatable bonds is 4. The molecule has 0 fully saturated rings. The molecule has 0 saturated carbocycles. The number of aromatic nitrogens is 4. The lowest BCUT2D eigenvalue weighted by Gasteiger charge is -2.06. The van der Waals surface area contributed by atoms with Crippen molar-refractivity contribution in [2.24, 2.45) is 0 Å². The van der Waals surface area contributed by atoms with Gasteiger partial charge in [-0.2, -0.15) is 0 Å². The Hall–Kier alpha value is -3.28. The Morgan fingerprint density at radius 1 is 1.00 bits per heavy atom. The summed E-state index contributed by atoms with van der Waals surface area (Å²) in [5.41, 5.74) is 12.7. The third-order valence-corrected chi connectivity index (χ3v) is 4.95. The number of nitrogens with zero attached hydrogens (tertiary/aromatic N) is 3. The Morgan fingerprint density at radius 2 is 1.74 bits per heavy atom. The van der Waals surface area contributed by atoms with E-state index in [9.17, 15) is 4.79 Å². The van der Waals surface area contributed by atoms with Gasteiger partial charge in [0.05, 0.1) is 22.4 Å². The zero-order valence-electron chi connectivity index (χ0n) is 15.8. The number of hydrogen-bond acceptors (Lipinski definition) is 3. The normalized spacial score (nSPS) is 11.4. The molecule has 2 aromatic heterocycles. The van der Waals surface area contributed by atoms with E-state index in [-0.39, 0.29) is 5.69 Å².